The average molecular weight is 1100 g/mol. The third kappa shape index (κ3) is 7.50. The lowest BCUT2D eigenvalue weighted by Crippen LogP contribution is -2.34. The summed E-state index contributed by atoms with van der Waals surface area (Å²) < 4.78 is 17.5. The number of rotatable bonds is 7. The van der Waals surface area contributed by atoms with E-state index in [2.05, 4.69) is 138 Å². The van der Waals surface area contributed by atoms with Crippen LogP contribution in [0, 0.1) is 45.3 Å². The van der Waals surface area contributed by atoms with Crippen LogP contribution in [0.4, 0.5) is 28.4 Å². The maximum absolute atomic E-state index is 12.3. The molecular weight excluding hydrogens is 1060 g/mol. The van der Waals surface area contributed by atoms with Crippen LogP contribution in [-0.4, -0.2) is 30.1 Å². The molecule has 5 aromatic heterocycles. The second-order valence-corrected chi connectivity index (χ2v) is 21.1. The molecule has 1 unspecified atom stereocenters. The van der Waals surface area contributed by atoms with E-state index < -0.39 is 0 Å². The number of pyridine rings is 3. The Labute approximate surface area is 492 Å². The molecule has 0 fully saturated rings. The first kappa shape index (κ1) is 49.3. The average Bonchev–Trinajstić information content (AvgIpc) is 1.45. The van der Waals surface area contributed by atoms with Crippen molar-refractivity contribution < 1.29 is 9.47 Å². The highest BCUT2D eigenvalue weighted by Gasteiger charge is 2.37. The van der Waals surface area contributed by atoms with Gasteiger partial charge < -0.3 is 28.4 Å². The summed E-state index contributed by atoms with van der Waals surface area (Å²) in [6.07, 6.45) is 10.1. The largest absolute Gasteiger partial charge is 0.453 e. The SMILES string of the molecule is N#Cc1ccc(-c2c(C#N)c(-c3ccc(C#N)nc3)c(-n3c4ccccc4c4cc(N5c6ccccc6Oc6ccccc65)ccc43)c(-c3ccc(C#N)nc3)c2-n2c3c(c4ccccc42)CC(N2c4ccccc4Oc4ccccc42)C=C3)cn1. The molecule has 2 aliphatic heterocycles. The predicted octanol–water partition coefficient (Wildman–Crippen LogP) is 16.9. The molecule has 0 saturated carbocycles. The number of nitriles is 4. The minimum Gasteiger partial charge on any atom is -0.453 e. The first-order valence-electron chi connectivity index (χ1n) is 27.9. The van der Waals surface area contributed by atoms with Gasteiger partial charge in [-0.3, -0.25) is 0 Å². The van der Waals surface area contributed by atoms with Gasteiger partial charge in [-0.1, -0.05) is 91.0 Å². The van der Waals surface area contributed by atoms with Crippen LogP contribution < -0.4 is 19.3 Å². The molecule has 0 N–H and O–H groups in total. The molecule has 1 atom stereocenters. The fourth-order valence-electron chi connectivity index (χ4n) is 13.0. The fourth-order valence-corrected chi connectivity index (χ4v) is 13.0. The first-order valence-corrected chi connectivity index (χ1v) is 27.9. The van der Waals surface area contributed by atoms with Gasteiger partial charge in [0.25, 0.3) is 0 Å². The highest BCUT2D eigenvalue weighted by molar-refractivity contribution is 6.14. The standard InChI is InChI=1S/C73H41N11O2/c74-37-47-28-25-44(41-78-47)69-56(40-77)70(45-26-29-48(38-75)79-42-45)73(84-58-16-4-2-14-53(58)55-36-51(32-34-60(55)84)82-63-19-7-11-23-67(63)86-68-24-12-8-20-64(68)82)71(46-27-30-49(39-76)80-43-46)72(69)83-57-15-3-1-13-52(57)54-35-50(31-33-59(54)83)81-61-17-5-9-21-65(61)85-66-22-10-6-18-62(66)81/h1-35,41-43,51H,36H2. The number of fused-ring (bicyclic) bond motifs is 10. The Kier molecular flexibility index (Phi) is 11.2. The van der Waals surface area contributed by atoms with Crippen molar-refractivity contribution in [3.63, 3.8) is 0 Å². The fraction of sp³-hybridized carbons (Fsp3) is 0.0274. The molecule has 3 aliphatic rings. The summed E-state index contributed by atoms with van der Waals surface area (Å²) in [5.74, 6) is 2.99. The predicted molar refractivity (Wildman–Crippen MR) is 333 cm³/mol. The second kappa shape index (κ2) is 19.6. The van der Waals surface area contributed by atoms with E-state index >= 15 is 0 Å². The lowest BCUT2D eigenvalue weighted by Gasteiger charge is -2.38. The molecule has 0 bridgehead atoms. The van der Waals surface area contributed by atoms with Gasteiger partial charge in [0.2, 0.25) is 0 Å². The number of nitrogens with zero attached hydrogens (tertiary/aromatic N) is 11. The van der Waals surface area contributed by atoms with Crippen LogP contribution in [0.2, 0.25) is 0 Å². The molecule has 1 aliphatic carbocycles. The van der Waals surface area contributed by atoms with Crippen LogP contribution in [0.15, 0.2) is 225 Å². The lowest BCUT2D eigenvalue weighted by molar-refractivity contribution is 0.469. The summed E-state index contributed by atoms with van der Waals surface area (Å²) in [5, 5.41) is 45.9. The number of ether oxygens (including phenoxy) is 2. The molecule has 8 aromatic carbocycles. The number of hydrogen-bond donors (Lipinski definition) is 0. The Morgan fingerprint density at radius 3 is 1.40 bits per heavy atom. The minimum absolute atomic E-state index is 0.157. The van der Waals surface area contributed by atoms with E-state index in [1.165, 1.54) is 0 Å². The molecule has 400 valence electrons. The normalized spacial score (nSPS) is 13.5. The van der Waals surface area contributed by atoms with E-state index in [9.17, 15) is 21.0 Å². The van der Waals surface area contributed by atoms with Gasteiger partial charge in [-0.25, -0.2) is 15.0 Å². The monoisotopic (exact) mass is 1100 g/mol. The second-order valence-electron chi connectivity index (χ2n) is 21.1. The molecule has 0 saturated heterocycles. The molecular formula is C73H41N11O2. The van der Waals surface area contributed by atoms with E-state index in [0.717, 1.165) is 95.4 Å². The third-order valence-corrected chi connectivity index (χ3v) is 16.6. The summed E-state index contributed by atoms with van der Waals surface area (Å²) in [4.78, 5) is 18.7. The van der Waals surface area contributed by atoms with Crippen molar-refractivity contribution in [2.45, 2.75) is 12.5 Å². The molecule has 0 amide bonds. The van der Waals surface area contributed by atoms with Crippen LogP contribution in [-0.2, 0) is 6.42 Å². The van der Waals surface area contributed by atoms with Gasteiger partial charge in [-0.2, -0.15) is 21.0 Å². The van der Waals surface area contributed by atoms with Crippen molar-refractivity contribution in [2.24, 2.45) is 0 Å². The number of anilines is 5. The molecule has 0 radical (unpaired) electrons. The zero-order chi connectivity index (χ0) is 57.6. The van der Waals surface area contributed by atoms with Gasteiger partial charge in [-0.05, 0) is 133 Å². The minimum atomic E-state index is -0.157. The number of benzene rings is 8. The summed E-state index contributed by atoms with van der Waals surface area (Å²) in [7, 11) is 0. The summed E-state index contributed by atoms with van der Waals surface area (Å²) >= 11 is 0. The van der Waals surface area contributed by atoms with Crippen molar-refractivity contribution in [3.05, 3.63) is 259 Å². The van der Waals surface area contributed by atoms with Crippen LogP contribution >= 0.6 is 0 Å². The smallest absolute Gasteiger partial charge is 0.151 e. The van der Waals surface area contributed by atoms with Crippen LogP contribution in [0.5, 0.6) is 23.0 Å². The molecule has 16 rings (SSSR count). The van der Waals surface area contributed by atoms with Gasteiger partial charge in [0.05, 0.1) is 62.3 Å². The van der Waals surface area contributed by atoms with Crippen LogP contribution in [0.3, 0.4) is 0 Å². The highest BCUT2D eigenvalue weighted by atomic mass is 16.5. The van der Waals surface area contributed by atoms with Crippen molar-refractivity contribution in [1.82, 2.24) is 24.1 Å². The number of para-hydroxylation sites is 10. The molecule has 7 heterocycles. The molecule has 86 heavy (non-hydrogen) atoms. The molecule has 13 aromatic rings. The van der Waals surface area contributed by atoms with Crippen molar-refractivity contribution in [2.75, 3.05) is 9.80 Å². The maximum atomic E-state index is 12.3. The zero-order valence-corrected chi connectivity index (χ0v) is 45.5. The summed E-state index contributed by atoms with van der Waals surface area (Å²) in [6, 6.07) is 75.3. The number of hydrogen-bond acceptors (Lipinski definition) is 11. The van der Waals surface area contributed by atoms with Gasteiger partial charge in [-0.15, -0.1) is 0 Å². The van der Waals surface area contributed by atoms with Gasteiger partial charge in [0.1, 0.15) is 41.4 Å². The van der Waals surface area contributed by atoms with Crippen molar-refractivity contribution >= 4 is 67.2 Å². The van der Waals surface area contributed by atoms with E-state index in [4.69, 9.17) is 14.5 Å². The Morgan fingerprint density at radius 2 is 0.872 bits per heavy atom. The van der Waals surface area contributed by atoms with Gasteiger partial charge >= 0.3 is 0 Å². The van der Waals surface area contributed by atoms with E-state index in [-0.39, 0.29) is 28.7 Å². The molecule has 0 spiro atoms. The summed E-state index contributed by atoms with van der Waals surface area (Å²) in [5.41, 5.74) is 14.7. The molecule has 13 nitrogen and oxygen atoms in total. The van der Waals surface area contributed by atoms with Crippen LogP contribution in [0.25, 0.3) is 83.5 Å². The Morgan fingerprint density at radius 1 is 0.419 bits per heavy atom. The topological polar surface area (TPSA) is 169 Å². The number of aromatic nitrogens is 5. The first-order chi connectivity index (χ1) is 42.5. The molecule has 13 heteroatoms. The van der Waals surface area contributed by atoms with Crippen molar-refractivity contribution in [1.29, 1.82) is 21.0 Å². The lowest BCUT2D eigenvalue weighted by atomic mass is 9.84. The van der Waals surface area contributed by atoms with E-state index in [0.29, 0.717) is 51.2 Å². The van der Waals surface area contributed by atoms with Crippen LogP contribution in [0.1, 0.15) is 33.9 Å². The van der Waals surface area contributed by atoms with E-state index in [1.54, 1.807) is 36.8 Å². The Bertz CT molecular complexity index is 5140. The Hall–Kier alpha value is -12.6. The van der Waals surface area contributed by atoms with Crippen molar-refractivity contribution in [3.8, 4) is 92.0 Å². The highest BCUT2D eigenvalue weighted by Crippen LogP contribution is 2.55. The summed E-state index contributed by atoms with van der Waals surface area (Å²) in [6.45, 7) is 0. The van der Waals surface area contributed by atoms with Gasteiger partial charge in [0.15, 0.2) is 23.0 Å². The third-order valence-electron chi connectivity index (χ3n) is 16.6. The van der Waals surface area contributed by atoms with Gasteiger partial charge in [0, 0.05) is 79.5 Å². The maximum Gasteiger partial charge on any atom is 0.151 e. The van der Waals surface area contributed by atoms with E-state index in [1.807, 2.05) is 109 Å². The Balaban J connectivity index is 1.05. The quantitative estimate of drug-likeness (QED) is 0.149. The zero-order valence-electron chi connectivity index (χ0n) is 45.5.